The molecule has 2 rings (SSSR count). The van der Waals surface area contributed by atoms with Crippen molar-refractivity contribution >= 4 is 11.4 Å². The highest BCUT2D eigenvalue weighted by Gasteiger charge is 2.13. The highest BCUT2D eigenvalue weighted by Crippen LogP contribution is 2.14. The number of nitrogens with zero attached hydrogens (tertiary/aromatic N) is 4. The average molecular weight is 294 g/mol. The largest absolute Gasteiger partial charge is 0.389 e. The number of likely N-dealkylation sites (N-methyl/N-ethyl adjacent to an activating group) is 1. The average Bonchev–Trinajstić information content (AvgIpc) is 2.87. The second-order valence-corrected chi connectivity index (χ2v) is 4.69. The first-order valence-corrected chi connectivity index (χ1v) is 6.27. The van der Waals surface area contributed by atoms with Crippen molar-refractivity contribution in [2.75, 3.05) is 18.5 Å². The van der Waals surface area contributed by atoms with Crippen molar-refractivity contribution in [3.8, 4) is 0 Å². The maximum Gasteiger partial charge on any atom is 0.306 e. The molecular weight excluding hydrogens is 279 g/mol. The molecule has 0 saturated carbocycles. The minimum Gasteiger partial charge on any atom is -0.389 e. The highest BCUT2D eigenvalue weighted by atomic mass is 19.1. The van der Waals surface area contributed by atoms with Crippen LogP contribution in [0.2, 0.25) is 0 Å². The topological polar surface area (TPSA) is 84.4 Å². The van der Waals surface area contributed by atoms with Crippen LogP contribution in [0.1, 0.15) is 0 Å². The SMILES string of the molecule is CN(CC(O)Cn1cc([N+](=O)[O-])cn1)c1ccc(F)cc1. The van der Waals surface area contributed by atoms with Gasteiger partial charge in [0.05, 0.1) is 17.6 Å². The van der Waals surface area contributed by atoms with E-state index in [2.05, 4.69) is 5.10 Å². The maximum atomic E-state index is 12.8. The van der Waals surface area contributed by atoms with Gasteiger partial charge in [-0.25, -0.2) is 4.39 Å². The molecular formula is C13H15FN4O3. The molecule has 1 aromatic carbocycles. The molecule has 0 aliphatic rings. The van der Waals surface area contributed by atoms with Gasteiger partial charge in [-0.3, -0.25) is 14.8 Å². The third-order valence-electron chi connectivity index (χ3n) is 2.98. The molecule has 0 fully saturated rings. The summed E-state index contributed by atoms with van der Waals surface area (Å²) >= 11 is 0. The molecule has 0 saturated heterocycles. The lowest BCUT2D eigenvalue weighted by Crippen LogP contribution is -2.32. The van der Waals surface area contributed by atoms with Crippen molar-refractivity contribution in [2.45, 2.75) is 12.6 Å². The molecule has 112 valence electrons. The standard InChI is InChI=1S/C13H15FN4O3/c1-16(11-4-2-10(14)3-5-11)8-13(19)9-17-7-12(6-15-17)18(20)21/h2-7,13,19H,8-9H2,1H3. The van der Waals surface area contributed by atoms with Gasteiger partial charge in [0.15, 0.2) is 0 Å². The maximum absolute atomic E-state index is 12.8. The van der Waals surface area contributed by atoms with Crippen LogP contribution in [0, 0.1) is 15.9 Å². The summed E-state index contributed by atoms with van der Waals surface area (Å²) < 4.78 is 14.2. The van der Waals surface area contributed by atoms with Crippen molar-refractivity contribution in [3.05, 3.63) is 52.6 Å². The van der Waals surface area contributed by atoms with Crippen molar-refractivity contribution in [2.24, 2.45) is 0 Å². The zero-order valence-corrected chi connectivity index (χ0v) is 11.4. The fraction of sp³-hybridized carbons (Fsp3) is 0.308. The Morgan fingerprint density at radius 2 is 2.14 bits per heavy atom. The predicted octanol–water partition coefficient (Wildman–Crippen LogP) is 1.43. The lowest BCUT2D eigenvalue weighted by Gasteiger charge is -2.22. The second-order valence-electron chi connectivity index (χ2n) is 4.69. The molecule has 0 amide bonds. The van der Waals surface area contributed by atoms with Gasteiger partial charge >= 0.3 is 5.69 Å². The first-order chi connectivity index (χ1) is 9.95. The molecule has 2 aromatic rings. The smallest absolute Gasteiger partial charge is 0.306 e. The summed E-state index contributed by atoms with van der Waals surface area (Å²) in [5, 5.41) is 24.3. The zero-order chi connectivity index (χ0) is 15.4. The summed E-state index contributed by atoms with van der Waals surface area (Å²) in [5.41, 5.74) is 0.649. The third-order valence-corrected chi connectivity index (χ3v) is 2.98. The van der Waals surface area contributed by atoms with E-state index in [-0.39, 0.29) is 18.0 Å². The fourth-order valence-corrected chi connectivity index (χ4v) is 1.94. The number of aliphatic hydroxyl groups is 1. The Kier molecular flexibility index (Phi) is 4.49. The summed E-state index contributed by atoms with van der Waals surface area (Å²) in [5.74, 6) is -0.323. The molecule has 1 unspecified atom stereocenters. The second kappa shape index (κ2) is 6.31. The molecule has 1 heterocycles. The lowest BCUT2D eigenvalue weighted by atomic mass is 10.2. The Labute approximate surface area is 120 Å². The number of hydrogen-bond donors (Lipinski definition) is 1. The van der Waals surface area contributed by atoms with E-state index < -0.39 is 11.0 Å². The number of hydrogen-bond acceptors (Lipinski definition) is 5. The van der Waals surface area contributed by atoms with E-state index in [0.717, 1.165) is 11.9 Å². The van der Waals surface area contributed by atoms with Crippen LogP contribution in [0.5, 0.6) is 0 Å². The van der Waals surface area contributed by atoms with Crippen molar-refractivity contribution in [1.82, 2.24) is 9.78 Å². The van der Waals surface area contributed by atoms with E-state index in [1.807, 2.05) is 0 Å². The fourth-order valence-electron chi connectivity index (χ4n) is 1.94. The summed E-state index contributed by atoms with van der Waals surface area (Å²) in [6.45, 7) is 0.429. The molecule has 0 aliphatic carbocycles. The quantitative estimate of drug-likeness (QED) is 0.643. The normalized spacial score (nSPS) is 12.1. The van der Waals surface area contributed by atoms with Gasteiger partial charge in [-0.05, 0) is 24.3 Å². The highest BCUT2D eigenvalue weighted by molar-refractivity contribution is 5.45. The van der Waals surface area contributed by atoms with E-state index in [9.17, 15) is 19.6 Å². The van der Waals surface area contributed by atoms with E-state index in [4.69, 9.17) is 0 Å². The molecule has 7 nitrogen and oxygen atoms in total. The number of rotatable bonds is 6. The molecule has 0 spiro atoms. The molecule has 0 bridgehead atoms. The van der Waals surface area contributed by atoms with E-state index in [0.29, 0.717) is 6.54 Å². The molecule has 1 atom stereocenters. The molecule has 0 radical (unpaired) electrons. The molecule has 1 N–H and O–H groups in total. The van der Waals surface area contributed by atoms with Crippen molar-refractivity contribution in [3.63, 3.8) is 0 Å². The third kappa shape index (κ3) is 3.99. The van der Waals surface area contributed by atoms with Gasteiger partial charge in [0.1, 0.15) is 18.2 Å². The number of halogens is 1. The monoisotopic (exact) mass is 294 g/mol. The van der Waals surface area contributed by atoms with Gasteiger partial charge in [-0.1, -0.05) is 0 Å². The van der Waals surface area contributed by atoms with Crippen LogP contribution < -0.4 is 4.90 Å². The molecule has 1 aromatic heterocycles. The van der Waals surface area contributed by atoms with Gasteiger partial charge in [0, 0.05) is 19.3 Å². The number of aliphatic hydroxyl groups excluding tert-OH is 1. The van der Waals surface area contributed by atoms with Gasteiger partial charge in [-0.15, -0.1) is 0 Å². The lowest BCUT2D eigenvalue weighted by molar-refractivity contribution is -0.385. The van der Waals surface area contributed by atoms with E-state index in [1.54, 1.807) is 24.1 Å². The minimum atomic E-state index is -0.764. The zero-order valence-electron chi connectivity index (χ0n) is 11.4. The Hall–Kier alpha value is -2.48. The minimum absolute atomic E-state index is 0.117. The Morgan fingerprint density at radius 1 is 1.48 bits per heavy atom. The predicted molar refractivity (Wildman–Crippen MR) is 74.6 cm³/mol. The molecule has 0 aliphatic heterocycles. The molecule has 8 heteroatoms. The number of aromatic nitrogens is 2. The van der Waals surface area contributed by atoms with E-state index >= 15 is 0 Å². The van der Waals surface area contributed by atoms with Crippen LogP contribution in [0.25, 0.3) is 0 Å². The van der Waals surface area contributed by atoms with Crippen molar-refractivity contribution in [1.29, 1.82) is 0 Å². The van der Waals surface area contributed by atoms with Gasteiger partial charge < -0.3 is 10.0 Å². The van der Waals surface area contributed by atoms with Crippen LogP contribution >= 0.6 is 0 Å². The number of nitro groups is 1. The van der Waals surface area contributed by atoms with Crippen LogP contribution in [-0.2, 0) is 6.54 Å². The summed E-state index contributed by atoms with van der Waals surface area (Å²) in [7, 11) is 1.77. The van der Waals surface area contributed by atoms with Gasteiger partial charge in [0.25, 0.3) is 0 Å². The first-order valence-electron chi connectivity index (χ1n) is 6.27. The summed E-state index contributed by atoms with van der Waals surface area (Å²) in [6, 6.07) is 5.91. The summed E-state index contributed by atoms with van der Waals surface area (Å²) in [4.78, 5) is 11.8. The Morgan fingerprint density at radius 3 is 2.71 bits per heavy atom. The van der Waals surface area contributed by atoms with Gasteiger partial charge in [-0.2, -0.15) is 5.10 Å². The Bertz CT molecular complexity index is 614. The van der Waals surface area contributed by atoms with E-state index in [1.165, 1.54) is 23.0 Å². The van der Waals surface area contributed by atoms with Crippen LogP contribution in [0.3, 0.4) is 0 Å². The van der Waals surface area contributed by atoms with Crippen molar-refractivity contribution < 1.29 is 14.4 Å². The van der Waals surface area contributed by atoms with Crippen LogP contribution in [0.4, 0.5) is 15.8 Å². The number of benzene rings is 1. The molecule has 21 heavy (non-hydrogen) atoms. The van der Waals surface area contributed by atoms with Crippen LogP contribution in [0.15, 0.2) is 36.7 Å². The first kappa shape index (κ1) is 14.9. The van der Waals surface area contributed by atoms with Crippen LogP contribution in [-0.4, -0.2) is 39.5 Å². The Balaban J connectivity index is 1.92. The van der Waals surface area contributed by atoms with Gasteiger partial charge in [0.2, 0.25) is 0 Å². The number of anilines is 1. The summed E-state index contributed by atoms with van der Waals surface area (Å²) in [6.07, 6.45) is 1.64.